The number of benzene rings is 2. The van der Waals surface area contributed by atoms with Crippen LogP contribution in [0.15, 0.2) is 59.1 Å². The summed E-state index contributed by atoms with van der Waals surface area (Å²) in [6.07, 6.45) is 3.94. The van der Waals surface area contributed by atoms with Crippen molar-refractivity contribution < 1.29 is 5.11 Å². The number of rotatable bonds is 2. The molecule has 3 heteroatoms. The number of pyridine rings is 1. The predicted molar refractivity (Wildman–Crippen MR) is 86.5 cm³/mol. The lowest BCUT2D eigenvalue weighted by molar-refractivity contribution is 0.480. The van der Waals surface area contributed by atoms with Crippen LogP contribution >= 0.6 is 15.9 Å². The Kier molecular flexibility index (Phi) is 3.52. The summed E-state index contributed by atoms with van der Waals surface area (Å²) in [7, 11) is 0. The lowest BCUT2D eigenvalue weighted by atomic mass is 10.1. The van der Waals surface area contributed by atoms with E-state index in [4.69, 9.17) is 0 Å². The first-order valence-electron chi connectivity index (χ1n) is 6.25. The van der Waals surface area contributed by atoms with Gasteiger partial charge in [-0.1, -0.05) is 52.3 Å². The summed E-state index contributed by atoms with van der Waals surface area (Å²) >= 11 is 3.45. The first-order chi connectivity index (χ1) is 9.72. The Morgan fingerprint density at radius 2 is 1.80 bits per heavy atom. The Labute approximate surface area is 125 Å². The van der Waals surface area contributed by atoms with Crippen molar-refractivity contribution in [1.82, 2.24) is 4.98 Å². The fourth-order valence-corrected chi connectivity index (χ4v) is 2.45. The highest BCUT2D eigenvalue weighted by molar-refractivity contribution is 9.10. The van der Waals surface area contributed by atoms with Crippen LogP contribution in [0, 0.1) is 0 Å². The van der Waals surface area contributed by atoms with Crippen LogP contribution in [-0.2, 0) is 0 Å². The van der Waals surface area contributed by atoms with Gasteiger partial charge in [0.15, 0.2) is 0 Å². The fourth-order valence-electron chi connectivity index (χ4n) is 2.03. The fraction of sp³-hybridized carbons (Fsp3) is 0. The number of para-hydroxylation sites is 1. The molecule has 0 atom stereocenters. The third-order valence-corrected chi connectivity index (χ3v) is 3.51. The summed E-state index contributed by atoms with van der Waals surface area (Å²) < 4.78 is 1.05. The van der Waals surface area contributed by atoms with Gasteiger partial charge in [0.25, 0.3) is 0 Å². The molecule has 2 nitrogen and oxygen atoms in total. The molecule has 1 aromatic heterocycles. The first kappa shape index (κ1) is 12.9. The zero-order valence-electron chi connectivity index (χ0n) is 10.6. The molecule has 0 saturated carbocycles. The van der Waals surface area contributed by atoms with Crippen LogP contribution in [0.4, 0.5) is 0 Å². The number of aromatic hydroxyl groups is 1. The van der Waals surface area contributed by atoms with Crippen molar-refractivity contribution in [3.05, 3.63) is 70.3 Å². The van der Waals surface area contributed by atoms with Crippen LogP contribution in [-0.4, -0.2) is 10.1 Å². The Balaban J connectivity index is 1.97. The van der Waals surface area contributed by atoms with Gasteiger partial charge in [0.05, 0.1) is 5.69 Å². The number of phenols is 1. The molecule has 0 aliphatic rings. The van der Waals surface area contributed by atoms with E-state index in [1.807, 2.05) is 60.7 Å². The second kappa shape index (κ2) is 5.47. The van der Waals surface area contributed by atoms with Gasteiger partial charge >= 0.3 is 0 Å². The van der Waals surface area contributed by atoms with E-state index < -0.39 is 0 Å². The maximum Gasteiger partial charge on any atom is 0.141 e. The molecule has 0 bridgehead atoms. The number of phenolic OH excluding ortho intramolecular Hbond substituents is 1. The summed E-state index contributed by atoms with van der Waals surface area (Å²) in [5, 5.41) is 10.8. The molecule has 20 heavy (non-hydrogen) atoms. The maximum atomic E-state index is 9.82. The third kappa shape index (κ3) is 2.73. The molecule has 0 aliphatic carbocycles. The molecule has 0 fully saturated rings. The highest BCUT2D eigenvalue weighted by Crippen LogP contribution is 2.23. The minimum Gasteiger partial charge on any atom is -0.506 e. The van der Waals surface area contributed by atoms with E-state index in [9.17, 15) is 5.11 Å². The minimum atomic E-state index is 0.209. The number of hydrogen-bond donors (Lipinski definition) is 1. The topological polar surface area (TPSA) is 33.1 Å². The van der Waals surface area contributed by atoms with Crippen LogP contribution in [0.1, 0.15) is 11.3 Å². The average Bonchev–Trinajstić information content (AvgIpc) is 2.46. The summed E-state index contributed by atoms with van der Waals surface area (Å²) in [5.74, 6) is 0.209. The van der Waals surface area contributed by atoms with E-state index in [0.717, 1.165) is 21.1 Å². The second-order valence-electron chi connectivity index (χ2n) is 4.47. The van der Waals surface area contributed by atoms with Crippen molar-refractivity contribution in [2.75, 3.05) is 0 Å². The van der Waals surface area contributed by atoms with Gasteiger partial charge in [-0.3, -0.25) is 0 Å². The molecule has 1 N–H and O–H groups in total. The minimum absolute atomic E-state index is 0.209. The van der Waals surface area contributed by atoms with Crippen LogP contribution in [0.2, 0.25) is 0 Å². The average molecular weight is 326 g/mol. The largest absolute Gasteiger partial charge is 0.506 e. The molecule has 1 heterocycles. The van der Waals surface area contributed by atoms with Gasteiger partial charge in [0.1, 0.15) is 11.3 Å². The molecule has 0 radical (unpaired) electrons. The van der Waals surface area contributed by atoms with Crippen molar-refractivity contribution in [2.24, 2.45) is 0 Å². The molecule has 0 unspecified atom stereocenters. The summed E-state index contributed by atoms with van der Waals surface area (Å²) in [6, 6.07) is 17.3. The van der Waals surface area contributed by atoms with E-state index in [0.29, 0.717) is 5.52 Å². The number of halogens is 1. The van der Waals surface area contributed by atoms with E-state index in [1.165, 1.54) is 0 Å². The van der Waals surface area contributed by atoms with Gasteiger partial charge in [0.2, 0.25) is 0 Å². The van der Waals surface area contributed by atoms with Gasteiger partial charge in [-0.25, -0.2) is 4.98 Å². The van der Waals surface area contributed by atoms with Crippen molar-refractivity contribution in [3.8, 4) is 5.75 Å². The van der Waals surface area contributed by atoms with Crippen LogP contribution < -0.4 is 0 Å². The van der Waals surface area contributed by atoms with Crippen molar-refractivity contribution in [3.63, 3.8) is 0 Å². The molecular weight excluding hydrogens is 314 g/mol. The Morgan fingerprint density at radius 3 is 2.65 bits per heavy atom. The number of fused-ring (bicyclic) bond motifs is 1. The Morgan fingerprint density at radius 1 is 0.950 bits per heavy atom. The summed E-state index contributed by atoms with van der Waals surface area (Å²) in [6.45, 7) is 0. The number of nitrogens with zero attached hydrogens (tertiary/aromatic N) is 1. The Bertz CT molecular complexity index is 796. The van der Waals surface area contributed by atoms with Crippen molar-refractivity contribution in [1.29, 1.82) is 0 Å². The first-order valence-corrected chi connectivity index (χ1v) is 7.04. The number of aromatic nitrogens is 1. The molecule has 3 rings (SSSR count). The molecule has 0 spiro atoms. The highest BCUT2D eigenvalue weighted by atomic mass is 79.9. The van der Waals surface area contributed by atoms with Gasteiger partial charge < -0.3 is 5.11 Å². The SMILES string of the molecule is Oc1cccc2ccc(C=Cc3cccc(Br)c3)nc12. The van der Waals surface area contributed by atoms with E-state index in [-0.39, 0.29) is 5.75 Å². The zero-order valence-corrected chi connectivity index (χ0v) is 12.2. The van der Waals surface area contributed by atoms with Crippen molar-refractivity contribution in [2.45, 2.75) is 0 Å². The van der Waals surface area contributed by atoms with Gasteiger partial charge in [-0.05, 0) is 35.9 Å². The Hall–Kier alpha value is -2.13. The molecule has 0 amide bonds. The predicted octanol–water partition coefficient (Wildman–Crippen LogP) is 4.87. The molecular formula is C17H12BrNO. The van der Waals surface area contributed by atoms with Crippen molar-refractivity contribution >= 4 is 39.0 Å². The van der Waals surface area contributed by atoms with E-state index in [1.54, 1.807) is 6.07 Å². The lowest BCUT2D eigenvalue weighted by Crippen LogP contribution is -1.83. The molecule has 98 valence electrons. The summed E-state index contributed by atoms with van der Waals surface area (Å²) in [4.78, 5) is 4.46. The second-order valence-corrected chi connectivity index (χ2v) is 5.39. The molecule has 0 saturated heterocycles. The van der Waals surface area contributed by atoms with Gasteiger partial charge in [-0.2, -0.15) is 0 Å². The lowest BCUT2D eigenvalue weighted by Gasteiger charge is -2.01. The quantitative estimate of drug-likeness (QED) is 0.728. The van der Waals surface area contributed by atoms with Crippen LogP contribution in [0.5, 0.6) is 5.75 Å². The standard InChI is InChI=1S/C17H12BrNO/c18-14-5-1-3-12(11-14)7-9-15-10-8-13-4-2-6-16(20)17(13)19-15/h1-11,20H. The maximum absolute atomic E-state index is 9.82. The molecule has 2 aromatic carbocycles. The van der Waals surface area contributed by atoms with Crippen LogP contribution in [0.25, 0.3) is 23.1 Å². The normalized spacial score (nSPS) is 11.2. The van der Waals surface area contributed by atoms with E-state index >= 15 is 0 Å². The smallest absolute Gasteiger partial charge is 0.141 e. The third-order valence-electron chi connectivity index (χ3n) is 3.02. The van der Waals surface area contributed by atoms with Gasteiger partial charge in [-0.15, -0.1) is 0 Å². The van der Waals surface area contributed by atoms with Crippen LogP contribution in [0.3, 0.4) is 0 Å². The zero-order chi connectivity index (χ0) is 13.9. The molecule has 0 aliphatic heterocycles. The number of hydrogen-bond acceptors (Lipinski definition) is 2. The molecule has 3 aromatic rings. The highest BCUT2D eigenvalue weighted by Gasteiger charge is 2.00. The van der Waals surface area contributed by atoms with Gasteiger partial charge in [0, 0.05) is 9.86 Å². The monoisotopic (exact) mass is 325 g/mol. The summed E-state index contributed by atoms with van der Waals surface area (Å²) in [5.41, 5.74) is 2.54. The van der Waals surface area contributed by atoms with E-state index in [2.05, 4.69) is 20.9 Å².